The first-order chi connectivity index (χ1) is 37.0. The van der Waals surface area contributed by atoms with E-state index in [1.165, 1.54) is 11.1 Å². The van der Waals surface area contributed by atoms with Gasteiger partial charge in [0.2, 0.25) is 12.7 Å². The van der Waals surface area contributed by atoms with Crippen molar-refractivity contribution >= 4 is 77.3 Å². The fraction of sp³-hybridized carbons (Fsp3) is 0.200. The summed E-state index contributed by atoms with van der Waals surface area (Å²) < 4.78 is 33.9. The average Bonchev–Trinajstić information content (AvgIpc) is 4.31. The average molecular weight is 1280 g/mol. The number of nitrogens with zero attached hydrogens (tertiary/aromatic N) is 9. The van der Waals surface area contributed by atoms with E-state index in [-0.39, 0.29) is 63.9 Å². The quantitative estimate of drug-likeness (QED) is 0.0314. The normalized spacial score (nSPS) is 11.0. The standard InChI is InChI=1S/C54H52N8O6.CH5BClINP3.2ClH/c63-53(65-35-47-13-5-43(6-14-47)29-57-23-21-55-39-57)67-37-49-17-9-45(10-18-49)31-59-25-27-61(41-59)33-51-3-1-2-4-52(51)34-62-28-26-60(42-62)32-46-11-19-50(20-12-46)38-68-54(64)66-36-48-15-7-44(8-16-48)30-58-24-22-56-40-58;3-8-1(6,7)5-2-4;;/h1-28,39-42H,29-38H2;8H,6-7H2;2*1H/q+2;;;/p-2. The van der Waals surface area contributed by atoms with E-state index in [1.54, 1.807) is 30.0 Å². The first kappa shape index (κ1) is 61.4. The number of rotatable bonds is 22. The maximum Gasteiger partial charge on any atom is -1.00 e. The number of carbonyl (C=O) groups excluding carboxylic acids is 2. The van der Waals surface area contributed by atoms with Gasteiger partial charge in [0, 0.05) is 49.0 Å². The topological polar surface area (TPSA) is 137 Å². The van der Waals surface area contributed by atoms with E-state index in [2.05, 4.69) is 160 Å². The van der Waals surface area contributed by atoms with Crippen LogP contribution < -0.4 is 33.9 Å². The van der Waals surface area contributed by atoms with E-state index in [1.807, 2.05) is 94.3 Å². The Hall–Kier alpha value is -5.77. The molecule has 0 aliphatic rings. The van der Waals surface area contributed by atoms with Gasteiger partial charge in [0.05, 0.1) is 12.7 Å². The Kier molecular flexibility index (Phi) is 25.0. The minimum absolute atomic E-state index is 0. The summed E-state index contributed by atoms with van der Waals surface area (Å²) in [6.45, 7) is 4.92. The van der Waals surface area contributed by atoms with Gasteiger partial charge in [-0.15, -0.1) is 0 Å². The number of ether oxygens (including phenoxy) is 4. The van der Waals surface area contributed by atoms with Crippen molar-refractivity contribution in [1.29, 1.82) is 0 Å². The zero-order valence-corrected chi connectivity index (χ0v) is 50.0. The molecule has 0 N–H and O–H groups in total. The molecule has 9 rings (SSSR count). The van der Waals surface area contributed by atoms with Gasteiger partial charge in [0.1, 0.15) is 77.4 Å². The Bertz CT molecular complexity index is 3040. The Balaban J connectivity index is 0.000000913. The second kappa shape index (κ2) is 31.7. The number of hydrogen-bond acceptors (Lipinski definition) is 9. The predicted molar refractivity (Wildman–Crippen MR) is 309 cm³/mol. The molecule has 3 unspecified atom stereocenters. The second-order valence-corrected chi connectivity index (χ2v) is 23.5. The molecule has 0 amide bonds. The summed E-state index contributed by atoms with van der Waals surface area (Å²) >= 11 is 7.60. The van der Waals surface area contributed by atoms with E-state index in [0.29, 0.717) is 13.1 Å². The first-order valence-electron chi connectivity index (χ1n) is 24.1. The molecule has 0 spiro atoms. The summed E-state index contributed by atoms with van der Waals surface area (Å²) in [5, 5.41) is 0. The number of hydrogen-bond donors (Lipinski definition) is 0. The summed E-state index contributed by atoms with van der Waals surface area (Å²) in [7, 11) is 5.39. The van der Waals surface area contributed by atoms with Gasteiger partial charge in [0.15, 0.2) is 0 Å². The van der Waals surface area contributed by atoms with Crippen LogP contribution in [0.1, 0.15) is 55.6 Å². The van der Waals surface area contributed by atoms with Gasteiger partial charge < -0.3 is 52.9 Å². The fourth-order valence-corrected chi connectivity index (χ4v) is 9.58. The Labute approximate surface area is 491 Å². The van der Waals surface area contributed by atoms with E-state index in [0.717, 1.165) is 70.7 Å². The number of carbonyl (C=O) groups is 2. The number of imidazole rings is 4. The predicted octanol–water partition coefficient (Wildman–Crippen LogP) is 4.68. The van der Waals surface area contributed by atoms with Crippen LogP contribution >= 0.6 is 60.0 Å². The molecule has 23 heteroatoms. The molecule has 9 aromatic rings. The molecule has 0 saturated heterocycles. The van der Waals surface area contributed by atoms with E-state index in [9.17, 15) is 9.59 Å². The third-order valence-electron chi connectivity index (χ3n) is 11.8. The van der Waals surface area contributed by atoms with Crippen LogP contribution in [0.15, 0.2) is 201 Å². The summed E-state index contributed by atoms with van der Waals surface area (Å²) in [5.41, 5.74) is 10.6. The van der Waals surface area contributed by atoms with Crippen LogP contribution in [-0.2, 0) is 84.6 Å². The minimum Gasteiger partial charge on any atom is -1.00 e. The third-order valence-corrected chi connectivity index (χ3v) is 15.7. The van der Waals surface area contributed by atoms with E-state index in [4.69, 9.17) is 30.2 Å². The first-order valence-corrected chi connectivity index (χ1v) is 28.5. The van der Waals surface area contributed by atoms with Crippen molar-refractivity contribution in [2.45, 2.75) is 70.5 Å². The van der Waals surface area contributed by atoms with Crippen LogP contribution in [0.4, 0.5) is 9.59 Å². The van der Waals surface area contributed by atoms with Crippen molar-refractivity contribution < 1.29 is 62.5 Å². The molecule has 4 aromatic heterocycles. The van der Waals surface area contributed by atoms with Gasteiger partial charge in [0.25, 0.3) is 0 Å². The minimum atomic E-state index is -0.700. The van der Waals surface area contributed by atoms with Gasteiger partial charge >= 0.3 is 86.9 Å². The van der Waals surface area contributed by atoms with Crippen molar-refractivity contribution in [3.05, 3.63) is 252 Å². The molecule has 0 radical (unpaired) electrons. The molecular formula is C55H57BCl3IN9O6P3. The van der Waals surface area contributed by atoms with Gasteiger partial charge in [-0.05, 0) is 44.5 Å². The number of benzene rings is 5. The van der Waals surface area contributed by atoms with E-state index >= 15 is 0 Å². The molecule has 3 atom stereocenters. The van der Waals surface area contributed by atoms with Crippen molar-refractivity contribution in [2.75, 3.05) is 0 Å². The molecule has 0 saturated carbocycles. The van der Waals surface area contributed by atoms with Crippen molar-refractivity contribution in [1.82, 2.24) is 28.2 Å². The van der Waals surface area contributed by atoms with Gasteiger partial charge in [-0.2, -0.15) is 0 Å². The second-order valence-electron chi connectivity index (χ2n) is 17.8. The van der Waals surface area contributed by atoms with Gasteiger partial charge in [-0.1, -0.05) is 121 Å². The Morgan fingerprint density at radius 3 is 1.19 bits per heavy atom. The Morgan fingerprint density at radius 2 is 0.885 bits per heavy atom. The van der Waals surface area contributed by atoms with Crippen molar-refractivity contribution in [3.8, 4) is 0 Å². The van der Waals surface area contributed by atoms with Crippen LogP contribution in [0.2, 0.25) is 0 Å². The van der Waals surface area contributed by atoms with Crippen LogP contribution in [0.25, 0.3) is 0 Å². The van der Waals surface area contributed by atoms with E-state index < -0.39 is 12.3 Å². The molecule has 5 aromatic carbocycles. The van der Waals surface area contributed by atoms with Crippen LogP contribution in [0.3, 0.4) is 0 Å². The molecular weight excluding hydrogens is 1220 g/mol. The molecule has 15 nitrogen and oxygen atoms in total. The molecule has 0 fully saturated rings. The third kappa shape index (κ3) is 20.5. The van der Waals surface area contributed by atoms with Crippen molar-refractivity contribution in [2.24, 2.45) is 4.90 Å². The SMILES string of the molecule is O=C(OCc1ccc(Cn2ccnc2)cc1)OCc1ccc(C[n+]2ccn(Cc3ccccc3Cn3cc[n+](Cc4ccc(COC(=O)OCc5ccc(Cn6ccnc6)cc5)cc4)c3)c2)cc1.PC(P)(N=BI)PCl.[Cl-].[Cl-]. The summed E-state index contributed by atoms with van der Waals surface area (Å²) in [6, 6.07) is 40.5. The molecule has 404 valence electrons. The maximum absolute atomic E-state index is 12.3. The van der Waals surface area contributed by atoms with Crippen LogP contribution in [-0.4, -0.2) is 50.2 Å². The maximum atomic E-state index is 12.3. The van der Waals surface area contributed by atoms with Gasteiger partial charge in [-0.3, -0.25) is 0 Å². The summed E-state index contributed by atoms with van der Waals surface area (Å²) in [6.07, 6.45) is 22.1. The fourth-order valence-electron chi connectivity index (χ4n) is 7.84. The molecule has 0 aliphatic heterocycles. The molecule has 0 aliphatic carbocycles. The molecule has 4 heterocycles. The largest absolute Gasteiger partial charge is 1.00 e. The summed E-state index contributed by atoms with van der Waals surface area (Å²) in [5.74, 6) is 0. The Morgan fingerprint density at radius 1 is 0.538 bits per heavy atom. The monoisotopic (exact) mass is 1280 g/mol. The molecule has 0 bridgehead atoms. The number of aromatic nitrogens is 8. The van der Waals surface area contributed by atoms with Gasteiger partial charge in [-0.25, -0.2) is 37.8 Å². The zero-order chi connectivity index (χ0) is 53.0. The van der Waals surface area contributed by atoms with Crippen LogP contribution in [0, 0.1) is 0 Å². The molecule has 78 heavy (non-hydrogen) atoms. The number of halogens is 4. The van der Waals surface area contributed by atoms with Crippen molar-refractivity contribution in [3.63, 3.8) is 0 Å². The zero-order valence-electron chi connectivity index (χ0n) is 42.3. The summed E-state index contributed by atoms with van der Waals surface area (Å²) in [4.78, 5) is 38.5. The smallest absolute Gasteiger partial charge is 1.00 e. The van der Waals surface area contributed by atoms with Crippen LogP contribution in [0.5, 0.6) is 0 Å².